The van der Waals surface area contributed by atoms with Crippen molar-refractivity contribution in [3.63, 3.8) is 0 Å². The summed E-state index contributed by atoms with van der Waals surface area (Å²) in [5.74, 6) is 0.804. The Balaban J connectivity index is 1.88. The average molecular weight is 555 g/mol. The van der Waals surface area contributed by atoms with Gasteiger partial charge in [-0.3, -0.25) is 9.10 Å². The minimum atomic E-state index is -4.09. The van der Waals surface area contributed by atoms with Crippen molar-refractivity contribution in [2.75, 3.05) is 18.0 Å². The first kappa shape index (κ1) is 24.8. The molecule has 0 aliphatic heterocycles. The Kier molecular flexibility index (Phi) is 7.83. The van der Waals surface area contributed by atoms with E-state index in [2.05, 4.69) is 26.5 Å². The van der Waals surface area contributed by atoms with Gasteiger partial charge in [0.05, 0.1) is 33.4 Å². The smallest absolute Gasteiger partial charge is 0.264 e. The van der Waals surface area contributed by atoms with Gasteiger partial charge in [-0.2, -0.15) is 5.10 Å². The van der Waals surface area contributed by atoms with Crippen LogP contribution in [0.15, 0.2) is 67.4 Å². The molecule has 0 atom stereocenters. The molecule has 0 radical (unpaired) electrons. The van der Waals surface area contributed by atoms with Gasteiger partial charge >= 0.3 is 0 Å². The molecule has 0 spiro atoms. The van der Waals surface area contributed by atoms with Crippen molar-refractivity contribution in [2.24, 2.45) is 5.10 Å². The zero-order chi connectivity index (χ0) is 24.2. The normalized spacial score (nSPS) is 11.5. The number of benzene rings is 2. The molecule has 11 heteroatoms. The molecule has 0 fully saturated rings. The zero-order valence-corrected chi connectivity index (χ0v) is 21.2. The van der Waals surface area contributed by atoms with Gasteiger partial charge in [-0.05, 0) is 60.1 Å². The number of anilines is 1. The Hall–Kier alpha value is -2.82. The molecular formula is C22H21BrClN3O5S. The van der Waals surface area contributed by atoms with Crippen molar-refractivity contribution in [3.05, 3.63) is 75.1 Å². The lowest BCUT2D eigenvalue weighted by molar-refractivity contribution is -0.119. The summed E-state index contributed by atoms with van der Waals surface area (Å²) >= 11 is 9.53. The van der Waals surface area contributed by atoms with Crippen molar-refractivity contribution in [2.45, 2.75) is 18.7 Å². The van der Waals surface area contributed by atoms with Crippen LogP contribution in [0.2, 0.25) is 5.02 Å². The van der Waals surface area contributed by atoms with Gasteiger partial charge in [0.1, 0.15) is 23.8 Å². The number of amides is 1. The lowest BCUT2D eigenvalue weighted by atomic mass is 10.2. The number of methoxy groups -OCH3 is 1. The predicted octanol–water partition coefficient (Wildman–Crippen LogP) is 4.67. The molecule has 1 aromatic heterocycles. The molecule has 1 heterocycles. The first-order valence-electron chi connectivity index (χ1n) is 9.62. The fourth-order valence-electron chi connectivity index (χ4n) is 2.84. The minimum absolute atomic E-state index is 0.0345. The summed E-state index contributed by atoms with van der Waals surface area (Å²) in [7, 11) is -2.63. The summed E-state index contributed by atoms with van der Waals surface area (Å²) in [5, 5.41) is 4.05. The molecule has 0 saturated carbocycles. The fourth-order valence-corrected chi connectivity index (χ4v) is 4.81. The number of nitrogens with one attached hydrogen (secondary N) is 1. The highest BCUT2D eigenvalue weighted by Gasteiger charge is 2.27. The van der Waals surface area contributed by atoms with Gasteiger partial charge in [-0.1, -0.05) is 29.3 Å². The summed E-state index contributed by atoms with van der Waals surface area (Å²) in [4.78, 5) is 12.6. The Morgan fingerprint density at radius 1 is 1.21 bits per heavy atom. The van der Waals surface area contributed by atoms with Crippen LogP contribution < -0.4 is 14.5 Å². The highest BCUT2D eigenvalue weighted by molar-refractivity contribution is 9.10. The summed E-state index contributed by atoms with van der Waals surface area (Å²) in [6, 6.07) is 12.5. The molecule has 0 unspecified atom stereocenters. The second-order valence-electron chi connectivity index (χ2n) is 6.99. The van der Waals surface area contributed by atoms with Crippen molar-refractivity contribution < 1.29 is 22.4 Å². The van der Waals surface area contributed by atoms with Crippen LogP contribution >= 0.6 is 27.5 Å². The molecule has 33 heavy (non-hydrogen) atoms. The number of rotatable bonds is 8. The summed E-state index contributed by atoms with van der Waals surface area (Å²) in [6.07, 6.45) is 1.32. The van der Waals surface area contributed by atoms with E-state index in [9.17, 15) is 13.2 Å². The largest absolute Gasteiger partial charge is 0.495 e. The molecule has 0 bridgehead atoms. The van der Waals surface area contributed by atoms with Gasteiger partial charge in [-0.25, -0.2) is 13.8 Å². The van der Waals surface area contributed by atoms with Gasteiger partial charge in [0.25, 0.3) is 15.9 Å². The monoisotopic (exact) mass is 553 g/mol. The van der Waals surface area contributed by atoms with Crippen LogP contribution in [0.4, 0.5) is 5.69 Å². The van der Waals surface area contributed by atoms with Gasteiger partial charge in [0, 0.05) is 6.07 Å². The lowest BCUT2D eigenvalue weighted by Crippen LogP contribution is -2.39. The van der Waals surface area contributed by atoms with E-state index in [1.807, 2.05) is 6.92 Å². The number of aryl methyl sites for hydroxylation is 2. The standard InChI is InChI=1S/C22H21BrClN3O5S/c1-14-4-7-18(8-5-14)33(29,30)27(16-6-9-21(31-3)20(24)10-16)13-22(28)26-25-12-17-11-19(23)15(2)32-17/h4-12H,13H2,1-3H3,(H,26,28)/b25-12-. The number of carbonyl (C=O) groups excluding carboxylic acids is 1. The third kappa shape index (κ3) is 5.95. The fraction of sp³-hybridized carbons (Fsp3) is 0.182. The number of hydrazone groups is 1. The van der Waals surface area contributed by atoms with Crippen LogP contribution in [-0.4, -0.2) is 34.2 Å². The van der Waals surface area contributed by atoms with Gasteiger partial charge in [-0.15, -0.1) is 0 Å². The highest BCUT2D eigenvalue weighted by Crippen LogP contribution is 2.32. The Bertz CT molecular complexity index is 1270. The van der Waals surface area contributed by atoms with E-state index in [1.54, 1.807) is 25.1 Å². The van der Waals surface area contributed by atoms with E-state index in [0.717, 1.165) is 14.3 Å². The van der Waals surface area contributed by atoms with E-state index in [0.29, 0.717) is 17.3 Å². The molecule has 3 rings (SSSR count). The second-order valence-corrected chi connectivity index (χ2v) is 10.1. The quantitative estimate of drug-likeness (QED) is 0.322. The van der Waals surface area contributed by atoms with E-state index in [4.69, 9.17) is 20.8 Å². The third-order valence-corrected chi connectivity index (χ3v) is 7.45. The van der Waals surface area contributed by atoms with Crippen LogP contribution in [0.5, 0.6) is 5.75 Å². The summed E-state index contributed by atoms with van der Waals surface area (Å²) in [6.45, 7) is 3.09. The number of hydrogen-bond acceptors (Lipinski definition) is 6. The first-order chi connectivity index (χ1) is 15.6. The molecule has 1 N–H and O–H groups in total. The predicted molar refractivity (Wildman–Crippen MR) is 131 cm³/mol. The molecule has 3 aromatic rings. The molecular weight excluding hydrogens is 534 g/mol. The van der Waals surface area contributed by atoms with E-state index in [-0.39, 0.29) is 15.6 Å². The van der Waals surface area contributed by atoms with Crippen LogP contribution in [0.25, 0.3) is 0 Å². The summed E-state index contributed by atoms with van der Waals surface area (Å²) < 4.78 is 39.1. The highest BCUT2D eigenvalue weighted by atomic mass is 79.9. The first-order valence-corrected chi connectivity index (χ1v) is 12.2. The third-order valence-electron chi connectivity index (χ3n) is 4.58. The van der Waals surface area contributed by atoms with E-state index < -0.39 is 22.5 Å². The topological polar surface area (TPSA) is 101 Å². The lowest BCUT2D eigenvalue weighted by Gasteiger charge is -2.24. The second kappa shape index (κ2) is 10.4. The number of furan rings is 1. The molecule has 2 aromatic carbocycles. The molecule has 0 aliphatic rings. The van der Waals surface area contributed by atoms with E-state index >= 15 is 0 Å². The Morgan fingerprint density at radius 3 is 2.48 bits per heavy atom. The number of sulfonamides is 1. The maximum Gasteiger partial charge on any atom is 0.264 e. The number of ether oxygens (including phenoxy) is 1. The van der Waals surface area contributed by atoms with Gasteiger partial charge in [0.15, 0.2) is 0 Å². The number of halogens is 2. The average Bonchev–Trinajstić information content (AvgIpc) is 3.09. The van der Waals surface area contributed by atoms with Gasteiger partial charge in [0.2, 0.25) is 0 Å². The van der Waals surface area contributed by atoms with Crippen LogP contribution in [0.1, 0.15) is 17.1 Å². The van der Waals surface area contributed by atoms with Crippen molar-refractivity contribution in [1.29, 1.82) is 0 Å². The van der Waals surface area contributed by atoms with Gasteiger partial charge < -0.3 is 9.15 Å². The molecule has 174 valence electrons. The van der Waals surface area contributed by atoms with Crippen molar-refractivity contribution in [1.82, 2.24) is 5.43 Å². The maximum atomic E-state index is 13.4. The molecule has 1 amide bonds. The Morgan fingerprint density at radius 2 is 1.91 bits per heavy atom. The molecule has 0 saturated heterocycles. The van der Waals surface area contributed by atoms with Crippen molar-refractivity contribution in [3.8, 4) is 5.75 Å². The number of nitrogens with zero attached hydrogens (tertiary/aromatic N) is 2. The zero-order valence-electron chi connectivity index (χ0n) is 18.0. The summed E-state index contributed by atoms with van der Waals surface area (Å²) in [5.41, 5.74) is 3.42. The van der Waals surface area contributed by atoms with Crippen LogP contribution in [0, 0.1) is 13.8 Å². The molecule has 8 nitrogen and oxygen atoms in total. The van der Waals surface area contributed by atoms with Crippen LogP contribution in [-0.2, 0) is 14.8 Å². The van der Waals surface area contributed by atoms with Crippen LogP contribution in [0.3, 0.4) is 0 Å². The van der Waals surface area contributed by atoms with Crippen molar-refractivity contribution >= 4 is 55.4 Å². The Labute approximate surface area is 205 Å². The maximum absolute atomic E-state index is 13.4. The number of hydrogen-bond donors (Lipinski definition) is 1. The number of carbonyl (C=O) groups is 1. The minimum Gasteiger partial charge on any atom is -0.495 e. The SMILES string of the molecule is COc1ccc(N(CC(=O)N/N=C\c2cc(Br)c(C)o2)S(=O)(=O)c2ccc(C)cc2)cc1Cl. The van der Waals surface area contributed by atoms with E-state index in [1.165, 1.54) is 43.7 Å². The molecule has 0 aliphatic carbocycles.